The number of aliphatic hydroxyl groups excluding tert-OH is 1. The lowest BCUT2D eigenvalue weighted by molar-refractivity contribution is -0.161. The molecule has 0 radical (unpaired) electrons. The second kappa shape index (κ2) is 61.0. The number of phosphoric ester groups is 1. The van der Waals surface area contributed by atoms with Crippen molar-refractivity contribution in [2.45, 2.75) is 264 Å². The maximum absolute atomic E-state index is 12.9. The van der Waals surface area contributed by atoms with Crippen LogP contribution in [0.1, 0.15) is 252 Å². The minimum atomic E-state index is -4.78. The predicted molar refractivity (Wildman–Crippen MR) is 334 cm³/mol. The SMILES string of the molecule is CC/C=C\C/C=C\C/C=C\C/C=C\C/C=C\CCCCCC(=O)OCC(COP(=O)(O)OCC(CO)OC(=O)CCCCCCCCCCCCCCCCC)OC(=O)CCCCC/C=C\C/C=C\C/C=C\C/C=C\C/C=C\CC. The highest BCUT2D eigenvalue weighted by molar-refractivity contribution is 7.47. The average molecular weight is 1140 g/mol. The molecule has 0 bridgehead atoms. The molecule has 80 heavy (non-hydrogen) atoms. The topological polar surface area (TPSA) is 155 Å². The predicted octanol–water partition coefficient (Wildman–Crippen LogP) is 19.1. The van der Waals surface area contributed by atoms with Crippen molar-refractivity contribution in [1.82, 2.24) is 0 Å². The summed E-state index contributed by atoms with van der Waals surface area (Å²) in [7, 11) is -4.78. The molecule has 0 amide bonds. The monoisotopic (exact) mass is 1140 g/mol. The van der Waals surface area contributed by atoms with Crippen molar-refractivity contribution in [1.29, 1.82) is 0 Å². The van der Waals surface area contributed by atoms with Crippen molar-refractivity contribution in [3.05, 3.63) is 122 Å². The summed E-state index contributed by atoms with van der Waals surface area (Å²) < 4.78 is 39.6. The molecule has 0 aliphatic rings. The third-order valence-corrected chi connectivity index (χ3v) is 13.8. The van der Waals surface area contributed by atoms with Gasteiger partial charge in [0.1, 0.15) is 12.7 Å². The van der Waals surface area contributed by atoms with Crippen LogP contribution in [0.5, 0.6) is 0 Å². The zero-order chi connectivity index (χ0) is 58.3. The Morgan fingerprint density at radius 2 is 0.650 bits per heavy atom. The summed E-state index contributed by atoms with van der Waals surface area (Å²) in [4.78, 5) is 48.7. The fourth-order valence-electron chi connectivity index (χ4n) is 8.17. The number of hydrogen-bond acceptors (Lipinski definition) is 10. The number of phosphoric acid groups is 1. The van der Waals surface area contributed by atoms with Gasteiger partial charge in [0, 0.05) is 19.3 Å². The number of hydrogen-bond donors (Lipinski definition) is 2. The van der Waals surface area contributed by atoms with Gasteiger partial charge >= 0.3 is 25.7 Å². The van der Waals surface area contributed by atoms with Crippen LogP contribution in [0.25, 0.3) is 0 Å². The fourth-order valence-corrected chi connectivity index (χ4v) is 8.96. The molecule has 12 heteroatoms. The third kappa shape index (κ3) is 58.5. The molecule has 0 spiro atoms. The molecule has 0 fully saturated rings. The number of ether oxygens (including phenoxy) is 3. The van der Waals surface area contributed by atoms with Crippen molar-refractivity contribution in [3.63, 3.8) is 0 Å². The number of aliphatic hydroxyl groups is 1. The van der Waals surface area contributed by atoms with Crippen LogP contribution in [0.2, 0.25) is 0 Å². The van der Waals surface area contributed by atoms with Crippen LogP contribution in [-0.4, -0.2) is 66.5 Å². The number of rotatable bonds is 57. The molecule has 0 rings (SSSR count). The molecule has 0 heterocycles. The number of carbonyl (C=O) groups is 3. The second-order valence-electron chi connectivity index (χ2n) is 20.5. The molecule has 0 saturated heterocycles. The third-order valence-electron chi connectivity index (χ3n) is 12.9. The largest absolute Gasteiger partial charge is 0.472 e. The lowest BCUT2D eigenvalue weighted by Crippen LogP contribution is -2.30. The molecule has 3 unspecified atom stereocenters. The number of unbranched alkanes of at least 4 members (excludes halogenated alkanes) is 20. The standard InChI is InChI=1S/C68H113O11P/c1-4-7-10-13-16-19-22-25-28-30-32-34-37-39-42-45-48-51-54-57-66(70)75-61-65(79-68(72)59-56-53-50-47-44-41-38-35-33-31-29-26-23-20-17-14-11-8-5-2)63-77-80(73,74)76-62-64(60-69)78-67(71)58-55-52-49-46-43-40-36-27-24-21-18-15-12-9-6-3/h7-8,10-11,16-17,19-20,25-26,28-29,32-35,39,41-42,44,64-65,69H,4-6,9,12-15,18,21-24,27,30-31,36-38,40,43,45-63H2,1-3H3,(H,73,74)/b10-7-,11-8-,19-16-,20-17-,28-25-,29-26-,34-32-,35-33-,42-39-,44-41-. The van der Waals surface area contributed by atoms with Gasteiger partial charge in [-0.25, -0.2) is 4.57 Å². The van der Waals surface area contributed by atoms with Crippen molar-refractivity contribution in [3.8, 4) is 0 Å². The lowest BCUT2D eigenvalue weighted by atomic mass is 10.0. The van der Waals surface area contributed by atoms with E-state index in [1.165, 1.54) is 70.6 Å². The minimum Gasteiger partial charge on any atom is -0.462 e. The smallest absolute Gasteiger partial charge is 0.462 e. The summed E-state index contributed by atoms with van der Waals surface area (Å²) in [5.74, 6) is -1.55. The van der Waals surface area contributed by atoms with Crippen LogP contribution in [-0.2, 0) is 42.2 Å². The Morgan fingerprint density at radius 3 is 1.00 bits per heavy atom. The van der Waals surface area contributed by atoms with Crippen LogP contribution in [0, 0.1) is 0 Å². The van der Waals surface area contributed by atoms with Crippen LogP contribution in [0.3, 0.4) is 0 Å². The Labute approximate surface area is 487 Å². The molecular weight excluding hydrogens is 1020 g/mol. The van der Waals surface area contributed by atoms with E-state index in [0.717, 1.165) is 122 Å². The van der Waals surface area contributed by atoms with Crippen molar-refractivity contribution >= 4 is 25.7 Å². The zero-order valence-corrected chi connectivity index (χ0v) is 51.4. The van der Waals surface area contributed by atoms with Crippen LogP contribution < -0.4 is 0 Å². The number of carbonyl (C=O) groups excluding carboxylic acids is 3. The first kappa shape index (κ1) is 75.9. The van der Waals surface area contributed by atoms with Crippen LogP contribution in [0.15, 0.2) is 122 Å². The molecule has 0 aliphatic heterocycles. The molecule has 0 aromatic heterocycles. The summed E-state index contributed by atoms with van der Waals surface area (Å²) >= 11 is 0. The van der Waals surface area contributed by atoms with Gasteiger partial charge in [-0.15, -0.1) is 0 Å². The van der Waals surface area contributed by atoms with E-state index < -0.39 is 57.8 Å². The highest BCUT2D eigenvalue weighted by Crippen LogP contribution is 2.43. The van der Waals surface area contributed by atoms with E-state index >= 15 is 0 Å². The summed E-state index contributed by atoms with van der Waals surface area (Å²) in [6.07, 6.45) is 75.8. The zero-order valence-electron chi connectivity index (χ0n) is 50.5. The van der Waals surface area contributed by atoms with E-state index in [1.54, 1.807) is 0 Å². The molecule has 0 aromatic carbocycles. The first-order valence-electron chi connectivity index (χ1n) is 31.4. The fraction of sp³-hybridized carbons (Fsp3) is 0.662. The first-order valence-corrected chi connectivity index (χ1v) is 32.9. The van der Waals surface area contributed by atoms with Crippen LogP contribution >= 0.6 is 7.82 Å². The molecule has 0 saturated carbocycles. The van der Waals surface area contributed by atoms with Gasteiger partial charge in [0.2, 0.25) is 0 Å². The van der Waals surface area contributed by atoms with Gasteiger partial charge in [-0.2, -0.15) is 0 Å². The number of esters is 3. The minimum absolute atomic E-state index is 0.115. The Balaban J connectivity index is 4.84. The first-order chi connectivity index (χ1) is 39.2. The molecule has 3 atom stereocenters. The van der Waals surface area contributed by atoms with E-state index in [9.17, 15) is 28.9 Å². The van der Waals surface area contributed by atoms with Crippen molar-refractivity contribution in [2.24, 2.45) is 0 Å². The Hall–Kier alpha value is -4.12. The maximum Gasteiger partial charge on any atom is 0.472 e. The quantitative estimate of drug-likeness (QED) is 0.0197. The highest BCUT2D eigenvalue weighted by atomic mass is 31.2. The van der Waals surface area contributed by atoms with Gasteiger partial charge in [0.15, 0.2) is 6.10 Å². The van der Waals surface area contributed by atoms with E-state index in [-0.39, 0.29) is 25.9 Å². The van der Waals surface area contributed by atoms with Gasteiger partial charge < -0.3 is 24.2 Å². The van der Waals surface area contributed by atoms with E-state index in [4.69, 9.17) is 23.3 Å². The average Bonchev–Trinajstić information content (AvgIpc) is 3.45. The van der Waals surface area contributed by atoms with Gasteiger partial charge in [-0.1, -0.05) is 245 Å². The van der Waals surface area contributed by atoms with Crippen molar-refractivity contribution in [2.75, 3.05) is 26.4 Å². The molecule has 456 valence electrons. The van der Waals surface area contributed by atoms with E-state index in [2.05, 4.69) is 142 Å². The molecule has 2 N–H and O–H groups in total. The number of allylic oxidation sites excluding steroid dienone is 20. The van der Waals surface area contributed by atoms with Crippen LogP contribution in [0.4, 0.5) is 0 Å². The summed E-state index contributed by atoms with van der Waals surface area (Å²) in [5, 5.41) is 9.85. The van der Waals surface area contributed by atoms with E-state index in [0.29, 0.717) is 19.3 Å². The molecule has 11 nitrogen and oxygen atoms in total. The maximum atomic E-state index is 12.9. The normalized spacial score (nSPS) is 14.1. The molecular formula is C68H113O11P. The molecule has 0 aliphatic carbocycles. The Bertz CT molecular complexity index is 1800. The summed E-state index contributed by atoms with van der Waals surface area (Å²) in [6, 6.07) is 0. The highest BCUT2D eigenvalue weighted by Gasteiger charge is 2.28. The Kier molecular flexibility index (Phi) is 57.8. The van der Waals surface area contributed by atoms with E-state index in [1.807, 2.05) is 0 Å². The van der Waals surface area contributed by atoms with Gasteiger partial charge in [0.05, 0.1) is 19.8 Å². The van der Waals surface area contributed by atoms with Gasteiger partial charge in [0.25, 0.3) is 0 Å². The summed E-state index contributed by atoms with van der Waals surface area (Å²) in [5.41, 5.74) is 0. The Morgan fingerprint density at radius 1 is 0.362 bits per heavy atom. The van der Waals surface area contributed by atoms with Crippen molar-refractivity contribution < 1.29 is 52.2 Å². The second-order valence-corrected chi connectivity index (χ2v) is 21.9. The molecule has 0 aromatic rings. The van der Waals surface area contributed by atoms with Gasteiger partial charge in [-0.3, -0.25) is 23.4 Å². The lowest BCUT2D eigenvalue weighted by Gasteiger charge is -2.21. The van der Waals surface area contributed by atoms with Gasteiger partial charge in [-0.05, 0) is 109 Å². The summed E-state index contributed by atoms with van der Waals surface area (Å²) in [6.45, 7) is 4.36.